The summed E-state index contributed by atoms with van der Waals surface area (Å²) in [5.74, 6) is -8.90. The number of nitrogens with zero attached hydrogens (tertiary/aromatic N) is 2. The Balaban J connectivity index is 1.05. The van der Waals surface area contributed by atoms with Gasteiger partial charge in [-0.3, -0.25) is 62.4 Å². The smallest absolute Gasteiger partial charge is 0.315 e. The molecule has 0 saturated carbocycles. The molecule has 446 valence electrons. The minimum Gasteiger partial charge on any atom is -0.391 e. The van der Waals surface area contributed by atoms with Crippen LogP contribution in [-0.4, -0.2) is 189 Å². The van der Waals surface area contributed by atoms with Crippen molar-refractivity contribution in [3.05, 3.63) is 59.7 Å². The lowest BCUT2D eigenvalue weighted by atomic mass is 9.98. The van der Waals surface area contributed by atoms with Gasteiger partial charge in [-0.25, -0.2) is 4.79 Å². The number of thioether (sulfide) groups is 1. The van der Waals surface area contributed by atoms with Gasteiger partial charge in [-0.15, -0.1) is 11.8 Å². The number of hydrogen-bond acceptors (Lipinski definition) is 16. The highest BCUT2D eigenvalue weighted by Crippen LogP contribution is 2.32. The summed E-state index contributed by atoms with van der Waals surface area (Å²) < 4.78 is 0. The van der Waals surface area contributed by atoms with Crippen molar-refractivity contribution < 1.29 is 67.4 Å². The standard InChI is InChI=1S/C53H68N14O14S2/c1-4-26(2)45-49(78)57-22-42(72)61-37-25-83-50-33(32-7-5-6-8-34(32)63-50)16-35(47(76)56-23-43(73)65-45)64-53(81)58-20-30-15-31(68)24-67(30)51(79)36(62-48(37)77)17-40(70)54-19-28-9-11-29(12-10-28)60-46(75)27(3)59-41(71)21-55-39(69)13-14-66-44(74)18-38(82)52(66)80/h5-12,26-27,30-31,35-38,45,63,68,82H,4,13-25H2,1-3H3,(H,54,70)(H,55,69)(H,56,76)(H,57,78)(H,59,71)(H,60,75)(H,61,72)(H,62,77)(H,65,73)(H2,58,64,81)/t26?,27-,30?,31?,35?,36?,37?,38?,45?/m0/s1. The number of aromatic amines is 1. The first kappa shape index (κ1) is 62.4. The van der Waals surface area contributed by atoms with Crippen molar-refractivity contribution in [2.45, 2.75) is 118 Å². The first-order valence-electron chi connectivity index (χ1n) is 27.0. The number of H-pyrrole nitrogens is 1. The van der Waals surface area contributed by atoms with E-state index >= 15 is 0 Å². The number of aliphatic hydroxyl groups excluding tert-OH is 1. The Kier molecular flexibility index (Phi) is 21.5. The Morgan fingerprint density at radius 1 is 0.783 bits per heavy atom. The van der Waals surface area contributed by atoms with E-state index in [0.29, 0.717) is 39.2 Å². The third-order valence-corrected chi connectivity index (χ3v) is 15.9. The molecule has 2 aromatic carbocycles. The van der Waals surface area contributed by atoms with E-state index in [0.717, 1.165) is 16.7 Å². The summed E-state index contributed by atoms with van der Waals surface area (Å²) in [4.78, 5) is 179. The monoisotopic (exact) mass is 1190 g/mol. The van der Waals surface area contributed by atoms with Gasteiger partial charge in [0, 0.05) is 67.8 Å². The number of urea groups is 1. The van der Waals surface area contributed by atoms with Gasteiger partial charge in [-0.05, 0) is 48.6 Å². The molecule has 0 aliphatic carbocycles. The summed E-state index contributed by atoms with van der Waals surface area (Å²) in [6, 6.07) is 5.06. The Morgan fingerprint density at radius 2 is 1.49 bits per heavy atom. The number of amides is 14. The predicted octanol–water partition coefficient (Wildman–Crippen LogP) is -3.09. The maximum atomic E-state index is 14.7. The number of aliphatic hydroxyl groups is 1. The zero-order valence-electron chi connectivity index (χ0n) is 45.7. The number of aromatic nitrogens is 1. The molecule has 13 N–H and O–H groups in total. The number of imide groups is 1. The van der Waals surface area contributed by atoms with Crippen LogP contribution in [0, 0.1) is 5.92 Å². The van der Waals surface area contributed by atoms with Crippen molar-refractivity contribution in [3.63, 3.8) is 0 Å². The lowest BCUT2D eigenvalue weighted by Crippen LogP contribution is -2.58. The third-order valence-electron chi connectivity index (χ3n) is 14.4. The number of hydrogen-bond donors (Lipinski definition) is 14. The largest absolute Gasteiger partial charge is 0.391 e. The summed E-state index contributed by atoms with van der Waals surface area (Å²) in [5, 5.41) is 39.8. The molecule has 2 bridgehead atoms. The first-order chi connectivity index (χ1) is 39.6. The highest BCUT2D eigenvalue weighted by Gasteiger charge is 2.41. The molecular weight excluding hydrogens is 1120 g/mol. The second-order valence-electron chi connectivity index (χ2n) is 20.6. The highest BCUT2D eigenvalue weighted by atomic mass is 32.2. The van der Waals surface area contributed by atoms with Gasteiger partial charge >= 0.3 is 6.03 Å². The lowest BCUT2D eigenvalue weighted by molar-refractivity contribution is -0.140. The number of carbonyl (C=O) groups is 13. The minimum atomic E-state index is -1.61. The molecule has 14 amide bonds. The SMILES string of the molecule is CCC(C)C1NC(=O)CNC(=O)C2Cc3c([nH]c4ccccc34)SCC(NC(=O)CNC1=O)C(=O)NC(CC(=O)NCc1ccc(NC(=O)[C@H](C)NC(=O)CNC(=O)CCN3C(=O)CC(S)C3=O)cc1)C(=O)N1CC(O)CC1CNC(=O)N2. The summed E-state index contributed by atoms with van der Waals surface area (Å²) in [7, 11) is 0. The number of likely N-dealkylation sites (tertiary alicyclic amines) is 1. The Bertz CT molecular complexity index is 3020. The van der Waals surface area contributed by atoms with Crippen LogP contribution < -0.4 is 58.5 Å². The molecule has 4 aliphatic rings. The van der Waals surface area contributed by atoms with Crippen LogP contribution >= 0.6 is 24.4 Å². The first-order valence-corrected chi connectivity index (χ1v) is 28.5. The zero-order valence-corrected chi connectivity index (χ0v) is 47.4. The molecule has 83 heavy (non-hydrogen) atoms. The van der Waals surface area contributed by atoms with E-state index in [-0.39, 0.29) is 57.6 Å². The number of nitrogens with one attached hydrogen (secondary N) is 12. The van der Waals surface area contributed by atoms with E-state index in [1.165, 1.54) is 24.0 Å². The van der Waals surface area contributed by atoms with Crippen LogP contribution in [0.25, 0.3) is 10.9 Å². The second kappa shape index (κ2) is 28.6. The molecule has 4 aliphatic heterocycles. The number of thiol groups is 1. The fraction of sp³-hybridized carbons (Fsp3) is 0.491. The summed E-state index contributed by atoms with van der Waals surface area (Å²) in [6.45, 7) is 2.47. The van der Waals surface area contributed by atoms with E-state index in [4.69, 9.17) is 0 Å². The summed E-state index contributed by atoms with van der Waals surface area (Å²) in [6.07, 6.45) is -1.74. The van der Waals surface area contributed by atoms with Crippen molar-refractivity contribution in [1.82, 2.24) is 68.0 Å². The van der Waals surface area contributed by atoms with E-state index in [2.05, 4.69) is 76.1 Å². The fourth-order valence-electron chi connectivity index (χ4n) is 9.61. The van der Waals surface area contributed by atoms with Gasteiger partial charge in [0.15, 0.2) is 0 Å². The number of carbonyl (C=O) groups excluding carboxylic acids is 13. The lowest BCUT2D eigenvalue weighted by Gasteiger charge is -2.30. The average molecular weight is 1190 g/mol. The van der Waals surface area contributed by atoms with Gasteiger partial charge in [-0.2, -0.15) is 12.6 Å². The van der Waals surface area contributed by atoms with E-state index in [1.807, 2.05) is 0 Å². The number of anilines is 1. The van der Waals surface area contributed by atoms with Crippen LogP contribution in [0.4, 0.5) is 10.5 Å². The van der Waals surface area contributed by atoms with Gasteiger partial charge in [0.25, 0.3) is 0 Å². The van der Waals surface area contributed by atoms with Crippen molar-refractivity contribution in [2.24, 2.45) is 5.92 Å². The maximum Gasteiger partial charge on any atom is 0.315 e. The fourth-order valence-corrected chi connectivity index (χ4v) is 11.0. The Morgan fingerprint density at radius 3 is 2.20 bits per heavy atom. The van der Waals surface area contributed by atoms with Gasteiger partial charge in [0.05, 0.1) is 48.5 Å². The van der Waals surface area contributed by atoms with Crippen molar-refractivity contribution >= 4 is 118 Å². The molecule has 8 unspecified atom stereocenters. The molecule has 0 radical (unpaired) electrons. The number of rotatable bonds is 14. The maximum absolute atomic E-state index is 14.7. The van der Waals surface area contributed by atoms with Gasteiger partial charge < -0.3 is 73.5 Å². The highest BCUT2D eigenvalue weighted by molar-refractivity contribution is 7.99. The minimum absolute atomic E-state index is 0.0208. The van der Waals surface area contributed by atoms with Crippen LogP contribution in [0.15, 0.2) is 53.6 Å². The molecule has 3 aromatic rings. The molecule has 9 atom stereocenters. The second-order valence-corrected chi connectivity index (χ2v) is 22.2. The normalized spacial score (nSPS) is 23.9. The topological polar surface area (TPSA) is 397 Å². The Hall–Kier alpha value is -8.25. The van der Waals surface area contributed by atoms with E-state index < -0.39 is 156 Å². The van der Waals surface area contributed by atoms with Gasteiger partial charge in [0.2, 0.25) is 70.9 Å². The van der Waals surface area contributed by atoms with Crippen LogP contribution in [0.1, 0.15) is 64.0 Å². The molecular formula is C53H68N14O14S2. The van der Waals surface area contributed by atoms with E-state index in [9.17, 15) is 67.4 Å². The van der Waals surface area contributed by atoms with Crippen LogP contribution in [0.2, 0.25) is 0 Å². The van der Waals surface area contributed by atoms with Crippen molar-refractivity contribution in [2.75, 3.05) is 50.3 Å². The number of benzene rings is 2. The van der Waals surface area contributed by atoms with Crippen LogP contribution in [0.5, 0.6) is 0 Å². The van der Waals surface area contributed by atoms with Crippen LogP contribution in [0.3, 0.4) is 0 Å². The summed E-state index contributed by atoms with van der Waals surface area (Å²) in [5.41, 5.74) is 2.03. The molecule has 2 saturated heterocycles. The predicted molar refractivity (Wildman–Crippen MR) is 301 cm³/mol. The van der Waals surface area contributed by atoms with Crippen molar-refractivity contribution in [3.8, 4) is 0 Å². The number of fused-ring (bicyclic) bond motifs is 5. The Labute approximate surface area is 485 Å². The molecule has 7 rings (SSSR count). The molecule has 30 heteroatoms. The molecule has 2 fully saturated rings. The third kappa shape index (κ3) is 16.9. The molecule has 0 spiro atoms. The van der Waals surface area contributed by atoms with E-state index in [1.54, 1.807) is 50.2 Å². The summed E-state index contributed by atoms with van der Waals surface area (Å²) >= 11 is 5.12. The molecule has 28 nitrogen and oxygen atoms in total. The quantitative estimate of drug-likeness (QED) is 0.0562. The average Bonchev–Trinajstić information content (AvgIpc) is 3.78. The molecule has 5 heterocycles. The van der Waals surface area contributed by atoms with Crippen molar-refractivity contribution in [1.29, 1.82) is 0 Å². The number of para-hydroxylation sites is 1. The zero-order chi connectivity index (χ0) is 60.1. The van der Waals surface area contributed by atoms with Crippen LogP contribution in [-0.2, 0) is 70.5 Å². The molecule has 1 aromatic heterocycles. The van der Waals surface area contributed by atoms with Gasteiger partial charge in [0.1, 0.15) is 30.2 Å². The van der Waals surface area contributed by atoms with Gasteiger partial charge in [-0.1, -0.05) is 50.6 Å².